The lowest BCUT2D eigenvalue weighted by molar-refractivity contribution is -0.0548. The smallest absolute Gasteiger partial charge is 0.387 e. The van der Waals surface area contributed by atoms with E-state index in [2.05, 4.69) is 11.3 Å². The Kier molecular flexibility index (Phi) is 7.34. The highest BCUT2D eigenvalue weighted by atomic mass is 19.3. The van der Waals surface area contributed by atoms with Crippen molar-refractivity contribution in [3.63, 3.8) is 0 Å². The zero-order valence-corrected chi connectivity index (χ0v) is 16.9. The van der Waals surface area contributed by atoms with Gasteiger partial charge in [-0.15, -0.1) is 6.58 Å². The largest absolute Gasteiger partial charge is 0.429 e. The summed E-state index contributed by atoms with van der Waals surface area (Å²) in [4.78, 5) is 0. The van der Waals surface area contributed by atoms with Gasteiger partial charge < -0.3 is 4.74 Å². The van der Waals surface area contributed by atoms with Crippen LogP contribution in [0.4, 0.5) is 26.3 Å². The molecule has 0 heterocycles. The normalized spacial score (nSPS) is 19.5. The lowest BCUT2D eigenvalue weighted by Gasteiger charge is -2.29. The second-order valence-corrected chi connectivity index (χ2v) is 7.93. The number of hydrogen-bond donors (Lipinski definition) is 0. The third-order valence-corrected chi connectivity index (χ3v) is 5.94. The highest BCUT2D eigenvalue weighted by Crippen LogP contribution is 2.41. The molecule has 0 aliphatic heterocycles. The van der Waals surface area contributed by atoms with Crippen LogP contribution >= 0.6 is 0 Å². The van der Waals surface area contributed by atoms with Crippen molar-refractivity contribution < 1.29 is 31.1 Å². The van der Waals surface area contributed by atoms with Crippen LogP contribution in [-0.4, -0.2) is 6.61 Å². The van der Waals surface area contributed by atoms with Crippen LogP contribution in [0, 0.1) is 17.6 Å². The van der Waals surface area contributed by atoms with Gasteiger partial charge in [0.1, 0.15) is 0 Å². The molecule has 7 heteroatoms. The predicted octanol–water partition coefficient (Wildman–Crippen LogP) is 7.95. The lowest BCUT2D eigenvalue weighted by Crippen LogP contribution is -2.17. The summed E-state index contributed by atoms with van der Waals surface area (Å²) in [5, 5.41) is 0. The molecule has 1 aliphatic carbocycles. The quantitative estimate of drug-likeness (QED) is 0.298. The number of ether oxygens (including phenoxy) is 1. The molecule has 0 atom stereocenters. The van der Waals surface area contributed by atoms with Gasteiger partial charge >= 0.3 is 6.61 Å². The number of allylic oxidation sites excluding steroid dienone is 1. The minimum absolute atomic E-state index is 0.295. The van der Waals surface area contributed by atoms with Gasteiger partial charge in [0.05, 0.1) is 0 Å². The Morgan fingerprint density at radius 3 is 2.06 bits per heavy atom. The lowest BCUT2D eigenvalue weighted by atomic mass is 9.77. The Labute approximate surface area is 177 Å². The van der Waals surface area contributed by atoms with Crippen molar-refractivity contribution in [3.8, 4) is 5.75 Å². The Morgan fingerprint density at radius 2 is 1.55 bits per heavy atom. The zero-order valence-electron chi connectivity index (χ0n) is 16.9. The first kappa shape index (κ1) is 23.2. The average Bonchev–Trinajstić information content (AvgIpc) is 2.75. The van der Waals surface area contributed by atoms with Crippen molar-refractivity contribution >= 4 is 0 Å². The molecule has 1 fully saturated rings. The number of alkyl halides is 4. The van der Waals surface area contributed by atoms with Crippen molar-refractivity contribution in [2.24, 2.45) is 5.92 Å². The van der Waals surface area contributed by atoms with Crippen LogP contribution < -0.4 is 4.74 Å². The Bertz CT molecular complexity index is 862. The highest BCUT2D eigenvalue weighted by molar-refractivity contribution is 5.40. The van der Waals surface area contributed by atoms with E-state index in [0.29, 0.717) is 24.0 Å². The molecule has 0 saturated heterocycles. The maximum atomic E-state index is 14.9. The maximum absolute atomic E-state index is 14.9. The molecular weight excluding hydrogens is 418 g/mol. The molecule has 3 rings (SSSR count). The van der Waals surface area contributed by atoms with Crippen molar-refractivity contribution in [1.82, 2.24) is 0 Å². The van der Waals surface area contributed by atoms with Crippen LogP contribution in [0.3, 0.4) is 0 Å². The minimum Gasteiger partial charge on any atom is -0.429 e. The van der Waals surface area contributed by atoms with Gasteiger partial charge in [-0.1, -0.05) is 30.3 Å². The SMILES string of the molecule is C=CCCC1CCC(c2ccc(C(F)(F)c3cc(F)c(OC(F)F)c(F)c3)cc2)CC1. The Balaban J connectivity index is 1.74. The van der Waals surface area contributed by atoms with Gasteiger partial charge in [0, 0.05) is 11.1 Å². The minimum atomic E-state index is -3.70. The van der Waals surface area contributed by atoms with Gasteiger partial charge in [0.2, 0.25) is 0 Å². The zero-order chi connectivity index (χ0) is 22.6. The number of hydrogen-bond acceptors (Lipinski definition) is 1. The van der Waals surface area contributed by atoms with Crippen LogP contribution in [-0.2, 0) is 5.92 Å². The fourth-order valence-electron chi connectivity index (χ4n) is 4.21. The fourth-order valence-corrected chi connectivity index (χ4v) is 4.21. The van der Waals surface area contributed by atoms with Gasteiger partial charge in [-0.05, 0) is 68.1 Å². The number of benzene rings is 2. The molecule has 0 radical (unpaired) electrons. The molecule has 1 saturated carbocycles. The molecule has 0 N–H and O–H groups in total. The maximum Gasteiger partial charge on any atom is 0.387 e. The van der Waals surface area contributed by atoms with Crippen LogP contribution in [0.15, 0.2) is 49.1 Å². The summed E-state index contributed by atoms with van der Waals surface area (Å²) in [7, 11) is 0. The summed E-state index contributed by atoms with van der Waals surface area (Å²) < 4.78 is 85.7. The van der Waals surface area contributed by atoms with Crippen molar-refractivity contribution in [2.45, 2.75) is 57.0 Å². The van der Waals surface area contributed by atoms with E-state index in [1.807, 2.05) is 6.08 Å². The van der Waals surface area contributed by atoms with Crippen LogP contribution in [0.2, 0.25) is 0 Å². The van der Waals surface area contributed by atoms with Gasteiger partial charge in [-0.2, -0.15) is 17.6 Å². The summed E-state index contributed by atoms with van der Waals surface area (Å²) in [6.07, 6.45) is 8.18. The first-order valence-corrected chi connectivity index (χ1v) is 10.3. The molecule has 2 aromatic carbocycles. The van der Waals surface area contributed by atoms with E-state index < -0.39 is 41.0 Å². The molecule has 0 bridgehead atoms. The fraction of sp³-hybridized carbons (Fsp3) is 0.417. The second kappa shape index (κ2) is 9.79. The van der Waals surface area contributed by atoms with Crippen molar-refractivity contribution in [1.29, 1.82) is 0 Å². The van der Waals surface area contributed by atoms with E-state index in [1.54, 1.807) is 12.1 Å². The second-order valence-electron chi connectivity index (χ2n) is 7.93. The van der Waals surface area contributed by atoms with E-state index in [4.69, 9.17) is 0 Å². The number of rotatable bonds is 8. The van der Waals surface area contributed by atoms with Gasteiger partial charge in [0.25, 0.3) is 5.92 Å². The summed E-state index contributed by atoms with van der Waals surface area (Å²) in [6, 6.07) is 6.38. The molecule has 168 valence electrons. The van der Waals surface area contributed by atoms with Crippen LogP contribution in [0.5, 0.6) is 5.75 Å². The molecule has 1 nitrogen and oxygen atoms in total. The first-order chi connectivity index (χ1) is 14.7. The molecule has 0 spiro atoms. The van der Waals surface area contributed by atoms with E-state index in [-0.39, 0.29) is 0 Å². The molecule has 2 aromatic rings. The highest BCUT2D eigenvalue weighted by Gasteiger charge is 2.36. The summed E-state index contributed by atoms with van der Waals surface area (Å²) >= 11 is 0. The summed E-state index contributed by atoms with van der Waals surface area (Å²) in [6.45, 7) is 0.271. The third kappa shape index (κ3) is 5.43. The molecular formula is C24H24F6O. The average molecular weight is 442 g/mol. The number of halogens is 6. The topological polar surface area (TPSA) is 9.23 Å². The van der Waals surface area contributed by atoms with Crippen LogP contribution in [0.1, 0.15) is 61.1 Å². The standard InChI is InChI=1S/C24H24F6O/c1-2-3-4-15-5-7-16(8-6-15)17-9-11-18(12-10-17)24(29,30)19-13-20(25)22(21(26)14-19)31-23(27)28/h2,9-16,23H,1,3-8H2. The molecule has 0 amide bonds. The third-order valence-electron chi connectivity index (χ3n) is 5.94. The van der Waals surface area contributed by atoms with E-state index in [0.717, 1.165) is 44.1 Å². The van der Waals surface area contributed by atoms with Crippen molar-refractivity contribution in [2.75, 3.05) is 0 Å². The summed E-state index contributed by atoms with van der Waals surface area (Å²) in [5.41, 5.74) is -0.448. The Morgan fingerprint density at radius 1 is 0.968 bits per heavy atom. The van der Waals surface area contributed by atoms with Gasteiger partial charge in [0.15, 0.2) is 17.4 Å². The van der Waals surface area contributed by atoms with Crippen molar-refractivity contribution in [3.05, 3.63) is 77.4 Å². The molecule has 0 unspecified atom stereocenters. The molecule has 0 aromatic heterocycles. The predicted molar refractivity (Wildman–Crippen MR) is 107 cm³/mol. The van der Waals surface area contributed by atoms with E-state index >= 15 is 0 Å². The van der Waals surface area contributed by atoms with E-state index in [1.165, 1.54) is 12.1 Å². The summed E-state index contributed by atoms with van der Waals surface area (Å²) in [5.74, 6) is -7.34. The Hall–Kier alpha value is -2.44. The first-order valence-electron chi connectivity index (χ1n) is 10.3. The van der Waals surface area contributed by atoms with E-state index in [9.17, 15) is 26.3 Å². The van der Waals surface area contributed by atoms with Crippen LogP contribution in [0.25, 0.3) is 0 Å². The molecule has 31 heavy (non-hydrogen) atoms. The molecule has 1 aliphatic rings. The monoisotopic (exact) mass is 442 g/mol. The van der Waals surface area contributed by atoms with Gasteiger partial charge in [-0.3, -0.25) is 0 Å². The van der Waals surface area contributed by atoms with Gasteiger partial charge in [-0.25, -0.2) is 8.78 Å².